The summed E-state index contributed by atoms with van der Waals surface area (Å²) >= 11 is 0. The first-order valence-corrected chi connectivity index (χ1v) is 11.1. The van der Waals surface area contributed by atoms with Gasteiger partial charge in [0.15, 0.2) is 0 Å². The van der Waals surface area contributed by atoms with E-state index in [2.05, 4.69) is 47.9 Å². The third-order valence-electron chi connectivity index (χ3n) is 5.27. The van der Waals surface area contributed by atoms with E-state index in [1.54, 1.807) is 24.8 Å². The van der Waals surface area contributed by atoms with Gasteiger partial charge in [-0.3, -0.25) is 15.0 Å². The summed E-state index contributed by atoms with van der Waals surface area (Å²) in [5, 5.41) is 23.4. The van der Waals surface area contributed by atoms with Crippen LogP contribution in [0.1, 0.15) is 75.1 Å². The molecule has 0 atom stereocenters. The zero-order valence-corrected chi connectivity index (χ0v) is 22.6. The zero-order chi connectivity index (χ0) is 25.0. The van der Waals surface area contributed by atoms with Crippen LogP contribution in [-0.4, -0.2) is 16.2 Å². The molecule has 34 heavy (non-hydrogen) atoms. The Morgan fingerprint density at radius 3 is 1.88 bits per heavy atom. The van der Waals surface area contributed by atoms with Gasteiger partial charge in [-0.05, 0) is 48.3 Å². The number of aromatic nitrogens is 2. The molecule has 3 aromatic rings. The van der Waals surface area contributed by atoms with Crippen molar-refractivity contribution in [1.82, 2.24) is 9.97 Å². The molecule has 0 aliphatic heterocycles. The van der Waals surface area contributed by atoms with Gasteiger partial charge in [0, 0.05) is 12.4 Å². The fourth-order valence-electron chi connectivity index (χ4n) is 3.48. The summed E-state index contributed by atoms with van der Waals surface area (Å²) < 4.78 is 0. The van der Waals surface area contributed by atoms with Crippen LogP contribution in [0, 0.1) is 20.8 Å². The summed E-state index contributed by atoms with van der Waals surface area (Å²) in [6.45, 7) is 18.2. The Morgan fingerprint density at radius 2 is 1.41 bits per heavy atom. The van der Waals surface area contributed by atoms with Crippen LogP contribution < -0.4 is 10.2 Å². The topological polar surface area (TPSA) is 84.3 Å². The Labute approximate surface area is 214 Å². The molecule has 5 nitrogen and oxygen atoms in total. The molecule has 0 bridgehead atoms. The number of aryl methyl sites for hydroxylation is 3. The third kappa shape index (κ3) is 7.95. The molecule has 0 aliphatic rings. The molecule has 0 N–H and O–H groups in total. The number of aliphatic imine (C=N–C) groups is 1. The summed E-state index contributed by atoms with van der Waals surface area (Å²) in [5.41, 5.74) is 6.58. The van der Waals surface area contributed by atoms with Gasteiger partial charge in [-0.25, -0.2) is 0 Å². The average molecular weight is 504 g/mol. The molecule has 0 saturated heterocycles. The molecule has 0 unspecified atom stereocenters. The van der Waals surface area contributed by atoms with Crippen molar-refractivity contribution >= 4 is 11.9 Å². The van der Waals surface area contributed by atoms with Crippen molar-refractivity contribution in [3.8, 4) is 11.5 Å². The fourth-order valence-corrected chi connectivity index (χ4v) is 3.48. The summed E-state index contributed by atoms with van der Waals surface area (Å²) in [5.74, 6) is -0.752. The second-order valence-electron chi connectivity index (χ2n) is 10.5. The second-order valence-corrected chi connectivity index (χ2v) is 10.5. The first-order valence-electron chi connectivity index (χ1n) is 11.1. The van der Waals surface area contributed by atoms with E-state index in [0.29, 0.717) is 5.56 Å². The molecule has 0 fully saturated rings. The molecular weight excluding hydrogens is 469 g/mol. The van der Waals surface area contributed by atoms with Crippen LogP contribution in [0.3, 0.4) is 0 Å². The monoisotopic (exact) mass is 503 g/mol. The first kappa shape index (κ1) is 29.3. The van der Waals surface area contributed by atoms with Crippen molar-refractivity contribution in [3.05, 3.63) is 76.4 Å². The summed E-state index contributed by atoms with van der Waals surface area (Å²) in [6, 6.07) is 7.62. The number of benzene rings is 2. The van der Waals surface area contributed by atoms with Crippen LogP contribution in [0.15, 0.2) is 47.8 Å². The minimum atomic E-state index is -0.391. The largest absolute Gasteiger partial charge is 2.00 e. The molecule has 1 heterocycles. The van der Waals surface area contributed by atoms with Crippen molar-refractivity contribution in [2.75, 3.05) is 0 Å². The number of rotatable bonds is 2. The van der Waals surface area contributed by atoms with Crippen molar-refractivity contribution in [1.29, 1.82) is 0 Å². The first-order chi connectivity index (χ1) is 15.2. The Balaban J connectivity index is 0.000000331. The maximum atomic E-state index is 11.8. The van der Waals surface area contributed by atoms with Gasteiger partial charge in [-0.15, -0.1) is 11.5 Å². The van der Waals surface area contributed by atoms with Crippen LogP contribution in [0.25, 0.3) is 0 Å². The molecule has 2 aromatic carbocycles. The summed E-state index contributed by atoms with van der Waals surface area (Å²) in [7, 11) is 0. The van der Waals surface area contributed by atoms with E-state index >= 15 is 0 Å². The number of hydrogen-bond acceptors (Lipinski definition) is 5. The van der Waals surface area contributed by atoms with Gasteiger partial charge >= 0.3 is 16.5 Å². The molecule has 6 heteroatoms. The van der Waals surface area contributed by atoms with Crippen LogP contribution in [-0.2, 0) is 27.3 Å². The van der Waals surface area contributed by atoms with Crippen LogP contribution in [0.5, 0.6) is 11.5 Å². The Kier molecular flexibility index (Phi) is 10.0. The van der Waals surface area contributed by atoms with Gasteiger partial charge in [0.2, 0.25) is 0 Å². The predicted octanol–water partition coefficient (Wildman–Crippen LogP) is 5.58. The van der Waals surface area contributed by atoms with Crippen molar-refractivity contribution in [2.45, 2.75) is 73.1 Å². The van der Waals surface area contributed by atoms with E-state index in [1.165, 1.54) is 22.8 Å². The number of hydrogen-bond donors (Lipinski definition) is 0. The molecule has 0 amide bonds. The molecule has 0 spiro atoms. The smallest absolute Gasteiger partial charge is 0.873 e. The molecule has 0 aliphatic carbocycles. The van der Waals surface area contributed by atoms with Crippen LogP contribution in [0.2, 0.25) is 0 Å². The normalized spacial score (nSPS) is 11.6. The predicted molar refractivity (Wildman–Crippen MR) is 133 cm³/mol. The minimum absolute atomic E-state index is 0. The molecule has 3 rings (SSSR count). The summed E-state index contributed by atoms with van der Waals surface area (Å²) in [4.78, 5) is 12.7. The number of nitrogens with zero attached hydrogens (tertiary/aromatic N) is 3. The van der Waals surface area contributed by atoms with Gasteiger partial charge in [0.1, 0.15) is 0 Å². The van der Waals surface area contributed by atoms with Gasteiger partial charge in [-0.2, -0.15) is 0 Å². The standard InChI is InChI=1S/C14H15N3.C14H22O2.Ni/c1-10-6-11(2)14(12(3)7-10)17-9-13-8-15-4-5-16-13;1-13(2,3)9-7-10(14(4,5)6)12(16)11(15)8-9;/h4-9H,1-3H3;7-8,15-16H,1-6H3;/q;;+2/p-2. The fraction of sp³-hybridized carbons (Fsp3) is 0.393. The van der Waals surface area contributed by atoms with E-state index in [4.69, 9.17) is 0 Å². The second kappa shape index (κ2) is 11.6. The molecular formula is C28H35N3NiO2. The van der Waals surface area contributed by atoms with E-state index in [-0.39, 0.29) is 33.1 Å². The Bertz CT molecular complexity index is 1110. The Morgan fingerprint density at radius 1 is 0.824 bits per heavy atom. The van der Waals surface area contributed by atoms with Crippen molar-refractivity contribution in [2.24, 2.45) is 4.99 Å². The third-order valence-corrected chi connectivity index (χ3v) is 5.27. The molecule has 0 saturated carbocycles. The van der Waals surface area contributed by atoms with Gasteiger partial charge in [-0.1, -0.05) is 76.9 Å². The quantitative estimate of drug-likeness (QED) is 0.337. The van der Waals surface area contributed by atoms with Gasteiger partial charge in [0.25, 0.3) is 0 Å². The minimum Gasteiger partial charge on any atom is -0.873 e. The summed E-state index contributed by atoms with van der Waals surface area (Å²) in [6.07, 6.45) is 6.76. The molecule has 1 aromatic heterocycles. The average Bonchev–Trinajstić information content (AvgIpc) is 2.68. The molecule has 0 radical (unpaired) electrons. The van der Waals surface area contributed by atoms with Gasteiger partial charge in [0.05, 0.1) is 23.8 Å². The van der Waals surface area contributed by atoms with Gasteiger partial charge < -0.3 is 10.2 Å². The maximum absolute atomic E-state index is 11.8. The van der Waals surface area contributed by atoms with E-state index in [1.807, 2.05) is 47.6 Å². The van der Waals surface area contributed by atoms with E-state index in [0.717, 1.165) is 16.9 Å². The zero-order valence-electron chi connectivity index (χ0n) is 21.6. The van der Waals surface area contributed by atoms with Crippen LogP contribution in [0.4, 0.5) is 5.69 Å². The van der Waals surface area contributed by atoms with E-state index in [9.17, 15) is 10.2 Å². The maximum Gasteiger partial charge on any atom is 2.00 e. The van der Waals surface area contributed by atoms with Crippen molar-refractivity contribution < 1.29 is 26.7 Å². The van der Waals surface area contributed by atoms with Crippen LogP contribution >= 0.6 is 0 Å². The SMILES string of the molecule is CC(C)(C)c1cc([O-])c([O-])c(C(C)(C)C)c1.Cc1cc(C)c(N=Cc2cnccn2)c(C)c1.[Ni+2]. The molecule has 184 valence electrons. The Hall–Kier alpha value is -2.72. The van der Waals surface area contributed by atoms with E-state index < -0.39 is 5.75 Å². The van der Waals surface area contributed by atoms with Crippen molar-refractivity contribution in [3.63, 3.8) is 0 Å².